The molecule has 0 atom stereocenters. The number of aryl methyl sites for hydroxylation is 1. The second-order valence-corrected chi connectivity index (χ2v) is 4.85. The van der Waals surface area contributed by atoms with Gasteiger partial charge in [0.15, 0.2) is 5.69 Å². The van der Waals surface area contributed by atoms with Crippen molar-refractivity contribution in [3.05, 3.63) is 11.5 Å². The molecule has 0 unspecified atom stereocenters. The largest absolute Gasteiger partial charge is 0.461 e. The van der Waals surface area contributed by atoms with E-state index < -0.39 is 5.97 Å². The molecule has 5 nitrogen and oxygen atoms in total. The van der Waals surface area contributed by atoms with Crippen molar-refractivity contribution < 1.29 is 9.53 Å². The highest BCUT2D eigenvalue weighted by molar-refractivity contribution is 5.92. The van der Waals surface area contributed by atoms with Gasteiger partial charge in [-0.15, -0.1) is 0 Å². The number of esters is 1. The highest BCUT2D eigenvalue weighted by Crippen LogP contribution is 2.30. The summed E-state index contributed by atoms with van der Waals surface area (Å²) in [6.07, 6.45) is 5.09. The summed E-state index contributed by atoms with van der Waals surface area (Å²) in [5.74, 6) is 1.61. The van der Waals surface area contributed by atoms with Crippen LogP contribution < -0.4 is 5.73 Å². The Labute approximate surface area is 107 Å². The van der Waals surface area contributed by atoms with Crippen LogP contribution in [0.2, 0.25) is 0 Å². The SMILES string of the molecule is CCOC(=O)c1nc(C)n(CCC2CCC2)c1N. The van der Waals surface area contributed by atoms with Crippen molar-refractivity contribution in [2.45, 2.75) is 46.1 Å². The lowest BCUT2D eigenvalue weighted by atomic mass is 9.83. The number of aromatic nitrogens is 2. The van der Waals surface area contributed by atoms with E-state index in [0.29, 0.717) is 12.4 Å². The molecule has 1 aromatic rings. The molecule has 0 bridgehead atoms. The summed E-state index contributed by atoms with van der Waals surface area (Å²) in [6.45, 7) is 4.83. The first-order valence-corrected chi connectivity index (χ1v) is 6.63. The number of rotatable bonds is 5. The van der Waals surface area contributed by atoms with E-state index in [0.717, 1.165) is 24.7 Å². The van der Waals surface area contributed by atoms with Gasteiger partial charge in [-0.3, -0.25) is 0 Å². The molecular formula is C13H21N3O2. The maximum atomic E-state index is 11.7. The van der Waals surface area contributed by atoms with Gasteiger partial charge in [0.05, 0.1) is 6.61 Å². The van der Waals surface area contributed by atoms with Gasteiger partial charge in [0, 0.05) is 6.54 Å². The fraction of sp³-hybridized carbons (Fsp3) is 0.692. The van der Waals surface area contributed by atoms with Gasteiger partial charge in [-0.1, -0.05) is 19.3 Å². The second kappa shape index (κ2) is 5.42. The standard InChI is InChI=1S/C13H21N3O2/c1-3-18-13(17)11-12(14)16(9(2)15-11)8-7-10-5-4-6-10/h10H,3-8,14H2,1-2H3. The Balaban J connectivity index is 2.07. The molecule has 2 N–H and O–H groups in total. The number of hydrogen-bond acceptors (Lipinski definition) is 4. The number of nitrogens with zero attached hydrogens (tertiary/aromatic N) is 2. The van der Waals surface area contributed by atoms with Crippen LogP contribution in [0, 0.1) is 12.8 Å². The first-order valence-electron chi connectivity index (χ1n) is 6.63. The van der Waals surface area contributed by atoms with Crippen molar-refractivity contribution in [2.75, 3.05) is 12.3 Å². The Kier molecular flexibility index (Phi) is 3.89. The molecule has 18 heavy (non-hydrogen) atoms. The molecule has 0 radical (unpaired) electrons. The predicted octanol–water partition coefficient (Wildman–Crippen LogP) is 2.14. The van der Waals surface area contributed by atoms with Crippen molar-refractivity contribution in [3.63, 3.8) is 0 Å². The van der Waals surface area contributed by atoms with Gasteiger partial charge in [0.1, 0.15) is 11.6 Å². The number of ether oxygens (including phenoxy) is 1. The van der Waals surface area contributed by atoms with E-state index in [1.165, 1.54) is 19.3 Å². The Morgan fingerprint density at radius 1 is 1.56 bits per heavy atom. The van der Waals surface area contributed by atoms with E-state index in [1.54, 1.807) is 6.92 Å². The Hall–Kier alpha value is -1.52. The predicted molar refractivity (Wildman–Crippen MR) is 69.3 cm³/mol. The number of hydrogen-bond donors (Lipinski definition) is 1. The van der Waals surface area contributed by atoms with Crippen molar-refractivity contribution in [3.8, 4) is 0 Å². The minimum absolute atomic E-state index is 0.253. The zero-order valence-corrected chi connectivity index (χ0v) is 11.1. The van der Waals surface area contributed by atoms with Crippen LogP contribution in [0.3, 0.4) is 0 Å². The number of nitrogens with two attached hydrogens (primary N) is 1. The summed E-state index contributed by atoms with van der Waals surface area (Å²) in [7, 11) is 0. The van der Waals surface area contributed by atoms with Gasteiger partial charge in [0.25, 0.3) is 0 Å². The number of anilines is 1. The summed E-state index contributed by atoms with van der Waals surface area (Å²) in [5.41, 5.74) is 6.23. The molecule has 5 heteroatoms. The van der Waals surface area contributed by atoms with Gasteiger partial charge in [-0.05, 0) is 26.2 Å². The van der Waals surface area contributed by atoms with E-state index in [4.69, 9.17) is 10.5 Å². The first kappa shape index (κ1) is 12.9. The lowest BCUT2D eigenvalue weighted by Gasteiger charge is -2.25. The summed E-state index contributed by atoms with van der Waals surface area (Å²) in [6, 6.07) is 0. The van der Waals surface area contributed by atoms with Crippen LogP contribution in [-0.2, 0) is 11.3 Å². The summed E-state index contributed by atoms with van der Waals surface area (Å²) in [5, 5.41) is 0. The number of nitrogen functional groups attached to an aromatic ring is 1. The van der Waals surface area contributed by atoms with Gasteiger partial charge in [0.2, 0.25) is 0 Å². The van der Waals surface area contributed by atoms with Crippen LogP contribution in [0.1, 0.15) is 48.9 Å². The highest BCUT2D eigenvalue weighted by Gasteiger charge is 2.22. The number of carbonyl (C=O) groups is 1. The van der Waals surface area contributed by atoms with E-state index in [2.05, 4.69) is 4.98 Å². The Morgan fingerprint density at radius 2 is 2.28 bits per heavy atom. The normalized spacial score (nSPS) is 15.4. The first-order chi connectivity index (χ1) is 8.63. The van der Waals surface area contributed by atoms with Gasteiger partial charge in [-0.2, -0.15) is 0 Å². The molecule has 100 valence electrons. The van der Waals surface area contributed by atoms with Gasteiger partial charge < -0.3 is 15.0 Å². The lowest BCUT2D eigenvalue weighted by Crippen LogP contribution is -2.16. The maximum absolute atomic E-state index is 11.7. The third-order valence-electron chi connectivity index (χ3n) is 3.65. The summed E-state index contributed by atoms with van der Waals surface area (Å²) < 4.78 is 6.86. The molecule has 2 rings (SSSR count). The number of carbonyl (C=O) groups excluding carboxylic acids is 1. The van der Waals surface area contributed by atoms with Crippen LogP contribution in [-0.4, -0.2) is 22.1 Å². The van der Waals surface area contributed by atoms with Crippen molar-refractivity contribution in [1.82, 2.24) is 9.55 Å². The van der Waals surface area contributed by atoms with Crippen LogP contribution in [0.5, 0.6) is 0 Å². The van der Waals surface area contributed by atoms with Crippen LogP contribution in [0.25, 0.3) is 0 Å². The third kappa shape index (κ3) is 2.49. The van der Waals surface area contributed by atoms with Crippen LogP contribution in [0.15, 0.2) is 0 Å². The molecule has 0 spiro atoms. The van der Waals surface area contributed by atoms with E-state index in [-0.39, 0.29) is 5.69 Å². The quantitative estimate of drug-likeness (QED) is 0.814. The van der Waals surface area contributed by atoms with Crippen LogP contribution in [0.4, 0.5) is 5.82 Å². The zero-order chi connectivity index (χ0) is 13.1. The molecular weight excluding hydrogens is 230 g/mol. The molecule has 1 fully saturated rings. The van der Waals surface area contributed by atoms with Crippen LogP contribution >= 0.6 is 0 Å². The average Bonchev–Trinajstić information content (AvgIpc) is 2.54. The molecule has 0 saturated heterocycles. The Bertz CT molecular complexity index is 436. The van der Waals surface area contributed by atoms with Crippen molar-refractivity contribution >= 4 is 11.8 Å². The van der Waals surface area contributed by atoms with Crippen molar-refractivity contribution in [1.29, 1.82) is 0 Å². The molecule has 1 saturated carbocycles. The molecule has 0 aromatic carbocycles. The molecule has 1 aromatic heterocycles. The zero-order valence-electron chi connectivity index (χ0n) is 11.1. The fourth-order valence-electron chi connectivity index (χ4n) is 2.31. The lowest BCUT2D eigenvalue weighted by molar-refractivity contribution is 0.0521. The van der Waals surface area contributed by atoms with Gasteiger partial charge in [-0.25, -0.2) is 9.78 Å². The number of imidazole rings is 1. The minimum atomic E-state index is -0.430. The molecule has 1 aliphatic rings. The molecule has 0 aliphatic heterocycles. The fourth-order valence-corrected chi connectivity index (χ4v) is 2.31. The van der Waals surface area contributed by atoms with E-state index >= 15 is 0 Å². The summed E-state index contributed by atoms with van der Waals surface area (Å²) >= 11 is 0. The van der Waals surface area contributed by atoms with E-state index in [1.807, 2.05) is 11.5 Å². The maximum Gasteiger partial charge on any atom is 0.360 e. The molecule has 1 heterocycles. The highest BCUT2D eigenvalue weighted by atomic mass is 16.5. The topological polar surface area (TPSA) is 70.1 Å². The molecule has 1 aliphatic carbocycles. The smallest absolute Gasteiger partial charge is 0.360 e. The Morgan fingerprint density at radius 3 is 2.83 bits per heavy atom. The second-order valence-electron chi connectivity index (χ2n) is 4.85. The average molecular weight is 251 g/mol. The summed E-state index contributed by atoms with van der Waals surface area (Å²) in [4.78, 5) is 15.9. The molecule has 0 amide bonds. The van der Waals surface area contributed by atoms with Crippen molar-refractivity contribution in [2.24, 2.45) is 5.92 Å². The van der Waals surface area contributed by atoms with Gasteiger partial charge >= 0.3 is 5.97 Å². The minimum Gasteiger partial charge on any atom is -0.461 e. The monoisotopic (exact) mass is 251 g/mol. The van der Waals surface area contributed by atoms with E-state index in [9.17, 15) is 4.79 Å². The third-order valence-corrected chi connectivity index (χ3v) is 3.65.